The van der Waals surface area contributed by atoms with E-state index in [1.165, 1.54) is 23.2 Å². The minimum Gasteiger partial charge on any atom is -0.369 e. The summed E-state index contributed by atoms with van der Waals surface area (Å²) in [7, 11) is 0. The molecule has 0 atom stereocenters. The number of fused-ring (bicyclic) bond motifs is 7. The molecule has 6 nitrogen and oxygen atoms in total. The molecule has 2 aromatic carbocycles. The van der Waals surface area contributed by atoms with Gasteiger partial charge >= 0.3 is 0 Å². The smallest absolute Gasteiger partial charge is 0.281 e. The number of carbonyl (C=O) groups is 1. The van der Waals surface area contributed by atoms with Crippen LogP contribution in [0.2, 0.25) is 0 Å². The van der Waals surface area contributed by atoms with Gasteiger partial charge in [0.15, 0.2) is 0 Å². The van der Waals surface area contributed by atoms with E-state index in [4.69, 9.17) is 10.7 Å². The quantitative estimate of drug-likeness (QED) is 0.555. The van der Waals surface area contributed by atoms with Gasteiger partial charge in [-0.1, -0.05) is 37.5 Å². The molecule has 3 aromatic rings. The van der Waals surface area contributed by atoms with E-state index < -0.39 is 0 Å². The number of nitrogens with zero attached hydrogens (tertiary/aromatic N) is 3. The average molecular weight is 521 g/mol. The van der Waals surface area contributed by atoms with Gasteiger partial charge in [-0.2, -0.15) is 4.98 Å². The number of rotatable bonds is 3. The van der Waals surface area contributed by atoms with Crippen molar-refractivity contribution in [1.82, 2.24) is 14.5 Å². The Kier molecular flexibility index (Phi) is 5.37. The molecule has 1 aliphatic carbocycles. The molecule has 0 radical (unpaired) electrons. The molecule has 0 unspecified atom stereocenters. The molecule has 2 fully saturated rings. The first-order valence-electron chi connectivity index (χ1n) is 12.4. The molecule has 3 aliphatic rings. The van der Waals surface area contributed by atoms with Gasteiger partial charge in [0.25, 0.3) is 5.56 Å². The van der Waals surface area contributed by atoms with Crippen molar-refractivity contribution >= 4 is 32.7 Å². The maximum absolute atomic E-state index is 13.2. The Morgan fingerprint density at radius 2 is 1.88 bits per heavy atom. The summed E-state index contributed by atoms with van der Waals surface area (Å²) >= 11 is 3.59. The van der Waals surface area contributed by atoms with Gasteiger partial charge < -0.3 is 5.73 Å². The van der Waals surface area contributed by atoms with E-state index in [1.807, 2.05) is 18.2 Å². The summed E-state index contributed by atoms with van der Waals surface area (Å²) in [5.41, 5.74) is 9.85. The zero-order valence-electron chi connectivity index (χ0n) is 19.2. The summed E-state index contributed by atoms with van der Waals surface area (Å²) in [6.07, 6.45) is 7.66. The number of likely N-dealkylation sites (tertiary alicyclic amines) is 1. The van der Waals surface area contributed by atoms with Crippen molar-refractivity contribution in [3.05, 3.63) is 68.2 Å². The Morgan fingerprint density at radius 1 is 1.12 bits per heavy atom. The Hall–Kier alpha value is -2.51. The molecule has 1 spiro atoms. The normalized spacial score (nSPS) is 19.9. The highest BCUT2D eigenvalue weighted by atomic mass is 79.9. The standard InChI is InChI=1S/C27H29BrN4O2/c28-20-5-4-6-21-24(20)25(34)30-26-27(11-2-1-3-12-27)19-8-7-18(15-22(19)32(21)26)17-9-13-31(14-10-17)16-23(29)33/h4-8,15,17H,1-3,9-14,16H2,(H2,29,33). The molecule has 1 aromatic heterocycles. The Morgan fingerprint density at radius 3 is 2.62 bits per heavy atom. The van der Waals surface area contributed by atoms with Crippen LogP contribution in [-0.2, 0) is 10.2 Å². The lowest BCUT2D eigenvalue weighted by molar-refractivity contribution is -0.119. The van der Waals surface area contributed by atoms with Crippen LogP contribution in [0.15, 0.2) is 45.7 Å². The van der Waals surface area contributed by atoms with Crippen LogP contribution in [-0.4, -0.2) is 40.0 Å². The Labute approximate surface area is 207 Å². The van der Waals surface area contributed by atoms with Crippen molar-refractivity contribution in [3.8, 4) is 5.69 Å². The molecule has 1 saturated carbocycles. The van der Waals surface area contributed by atoms with Crippen LogP contribution >= 0.6 is 15.9 Å². The number of hydrogen-bond donors (Lipinski definition) is 1. The van der Waals surface area contributed by atoms with Crippen molar-refractivity contribution in [3.63, 3.8) is 0 Å². The number of hydrogen-bond acceptors (Lipinski definition) is 4. The van der Waals surface area contributed by atoms with Crippen molar-refractivity contribution in [2.45, 2.75) is 56.3 Å². The summed E-state index contributed by atoms with van der Waals surface area (Å²) in [5.74, 6) is 1.11. The van der Waals surface area contributed by atoms with Gasteiger partial charge in [0.05, 0.1) is 28.6 Å². The molecule has 176 valence electrons. The zero-order chi connectivity index (χ0) is 23.4. The van der Waals surface area contributed by atoms with Gasteiger partial charge in [-0.25, -0.2) is 0 Å². The van der Waals surface area contributed by atoms with E-state index in [2.05, 4.69) is 43.6 Å². The monoisotopic (exact) mass is 520 g/mol. The van der Waals surface area contributed by atoms with Gasteiger partial charge in [-0.3, -0.25) is 19.1 Å². The second-order valence-corrected chi connectivity index (χ2v) is 11.0. The summed E-state index contributed by atoms with van der Waals surface area (Å²) in [6, 6.07) is 12.9. The fraction of sp³-hybridized carbons (Fsp3) is 0.444. The third kappa shape index (κ3) is 3.35. The number of nitrogens with two attached hydrogens (primary N) is 1. The number of halogens is 1. The van der Waals surface area contributed by atoms with Crippen LogP contribution in [0, 0.1) is 0 Å². The summed E-state index contributed by atoms with van der Waals surface area (Å²) in [4.78, 5) is 31.4. The van der Waals surface area contributed by atoms with E-state index in [1.54, 1.807) is 0 Å². The Bertz CT molecular complexity index is 1350. The number of benzene rings is 2. The van der Waals surface area contributed by atoms with E-state index in [-0.39, 0.29) is 16.9 Å². The minimum absolute atomic E-state index is 0.145. The lowest BCUT2D eigenvalue weighted by atomic mass is 9.69. The van der Waals surface area contributed by atoms with Crippen LogP contribution in [0.5, 0.6) is 0 Å². The fourth-order valence-corrected chi connectivity index (χ4v) is 7.12. The van der Waals surface area contributed by atoms with Gasteiger partial charge in [0.2, 0.25) is 5.91 Å². The number of amides is 1. The zero-order valence-corrected chi connectivity index (χ0v) is 20.8. The Balaban J connectivity index is 1.48. The molecular weight excluding hydrogens is 492 g/mol. The van der Waals surface area contributed by atoms with E-state index >= 15 is 0 Å². The molecule has 3 heterocycles. The van der Waals surface area contributed by atoms with E-state index in [0.29, 0.717) is 17.8 Å². The van der Waals surface area contributed by atoms with Gasteiger partial charge in [-0.15, -0.1) is 0 Å². The van der Waals surface area contributed by atoms with Crippen LogP contribution in [0.4, 0.5) is 0 Å². The maximum Gasteiger partial charge on any atom is 0.281 e. The second kappa shape index (κ2) is 8.31. The van der Waals surface area contributed by atoms with E-state index in [0.717, 1.165) is 67.4 Å². The minimum atomic E-state index is -0.259. The maximum atomic E-state index is 13.2. The highest BCUT2D eigenvalue weighted by molar-refractivity contribution is 9.10. The van der Waals surface area contributed by atoms with Crippen LogP contribution in [0.1, 0.15) is 67.8 Å². The van der Waals surface area contributed by atoms with Crippen LogP contribution in [0.25, 0.3) is 16.6 Å². The first-order valence-corrected chi connectivity index (χ1v) is 13.1. The topological polar surface area (TPSA) is 81.2 Å². The summed E-state index contributed by atoms with van der Waals surface area (Å²) < 4.78 is 3.07. The fourth-order valence-electron chi connectivity index (χ4n) is 6.60. The predicted octanol–water partition coefficient (Wildman–Crippen LogP) is 4.38. The number of piperidine rings is 1. The van der Waals surface area contributed by atoms with Crippen molar-refractivity contribution in [2.75, 3.05) is 19.6 Å². The van der Waals surface area contributed by atoms with Crippen LogP contribution in [0.3, 0.4) is 0 Å². The average Bonchev–Trinajstić information content (AvgIpc) is 3.08. The number of aromatic nitrogens is 2. The molecule has 2 aliphatic heterocycles. The summed E-state index contributed by atoms with van der Waals surface area (Å²) in [6.45, 7) is 2.11. The predicted molar refractivity (Wildman–Crippen MR) is 137 cm³/mol. The molecule has 34 heavy (non-hydrogen) atoms. The number of primary amides is 1. The lowest BCUT2D eigenvalue weighted by Gasteiger charge is -2.34. The molecule has 7 heteroatoms. The first-order chi connectivity index (χ1) is 16.5. The number of carbonyl (C=O) groups excluding carboxylic acids is 1. The highest BCUT2D eigenvalue weighted by Crippen LogP contribution is 2.52. The van der Waals surface area contributed by atoms with Crippen molar-refractivity contribution in [2.24, 2.45) is 5.73 Å². The third-order valence-electron chi connectivity index (χ3n) is 8.22. The third-order valence-corrected chi connectivity index (χ3v) is 8.88. The molecular formula is C27H29BrN4O2. The largest absolute Gasteiger partial charge is 0.369 e. The first kappa shape index (κ1) is 22.0. The molecule has 1 amide bonds. The summed E-state index contributed by atoms with van der Waals surface area (Å²) in [5, 5.41) is 0.648. The van der Waals surface area contributed by atoms with Crippen molar-refractivity contribution < 1.29 is 4.79 Å². The van der Waals surface area contributed by atoms with Gasteiger partial charge in [0, 0.05) is 4.47 Å². The van der Waals surface area contributed by atoms with Crippen LogP contribution < -0.4 is 11.3 Å². The SMILES string of the molecule is NC(=O)CN1CCC(c2ccc3c(c2)-n2c(nc(=O)c4c(Br)cccc42)C32CCCCC2)CC1. The molecule has 6 rings (SSSR count). The van der Waals surface area contributed by atoms with Gasteiger partial charge in [-0.05, 0) is 89.9 Å². The molecule has 0 bridgehead atoms. The molecule has 1 saturated heterocycles. The second-order valence-electron chi connectivity index (χ2n) is 10.1. The molecule has 2 N–H and O–H groups in total. The van der Waals surface area contributed by atoms with Crippen molar-refractivity contribution in [1.29, 1.82) is 0 Å². The lowest BCUT2D eigenvalue weighted by Crippen LogP contribution is -2.39. The van der Waals surface area contributed by atoms with Gasteiger partial charge in [0.1, 0.15) is 5.82 Å². The highest BCUT2D eigenvalue weighted by Gasteiger charge is 2.46. The van der Waals surface area contributed by atoms with E-state index in [9.17, 15) is 9.59 Å².